The van der Waals surface area contributed by atoms with Crippen LogP contribution in [0.2, 0.25) is 0 Å². The van der Waals surface area contributed by atoms with Gasteiger partial charge in [-0.25, -0.2) is 4.39 Å². The summed E-state index contributed by atoms with van der Waals surface area (Å²) >= 11 is 0. The monoisotopic (exact) mass is 282 g/mol. The second-order valence-corrected chi connectivity index (χ2v) is 5.06. The summed E-state index contributed by atoms with van der Waals surface area (Å²) in [5.74, 6) is 0.304. The van der Waals surface area contributed by atoms with Gasteiger partial charge < -0.3 is 15.2 Å². The van der Waals surface area contributed by atoms with Crippen molar-refractivity contribution in [3.05, 3.63) is 29.6 Å². The number of hydrogen-bond acceptors (Lipinski definition) is 4. The normalized spacial score (nSPS) is 17.9. The molecule has 20 heavy (non-hydrogen) atoms. The van der Waals surface area contributed by atoms with E-state index in [1.165, 1.54) is 13.2 Å². The first-order chi connectivity index (χ1) is 9.76. The molecule has 1 heterocycles. The lowest BCUT2D eigenvalue weighted by atomic mass is 9.99. The summed E-state index contributed by atoms with van der Waals surface area (Å²) in [6, 6.07) is 5.06. The number of aliphatic hydroxyl groups excluding tert-OH is 1. The number of methoxy groups -OCH3 is 1. The van der Waals surface area contributed by atoms with E-state index in [4.69, 9.17) is 9.84 Å². The van der Waals surface area contributed by atoms with E-state index in [1.807, 2.05) is 0 Å². The topological polar surface area (TPSA) is 44.7 Å². The average Bonchev–Trinajstić information content (AvgIpc) is 2.50. The smallest absolute Gasteiger partial charge is 0.131 e. The van der Waals surface area contributed by atoms with Crippen LogP contribution in [0.15, 0.2) is 18.2 Å². The molecule has 1 fully saturated rings. The molecule has 2 N–H and O–H groups in total. The van der Waals surface area contributed by atoms with Crippen LogP contribution in [0.4, 0.5) is 4.39 Å². The number of halogens is 1. The Hall–Kier alpha value is -1.17. The van der Waals surface area contributed by atoms with E-state index in [0.717, 1.165) is 32.6 Å². The zero-order chi connectivity index (χ0) is 14.4. The first-order valence-corrected chi connectivity index (χ1v) is 7.15. The van der Waals surface area contributed by atoms with Gasteiger partial charge in [-0.05, 0) is 18.9 Å². The minimum Gasteiger partial charge on any atom is -0.497 e. The number of aliphatic hydroxyl groups is 1. The quantitative estimate of drug-likeness (QED) is 0.831. The van der Waals surface area contributed by atoms with E-state index < -0.39 is 0 Å². The third-order valence-electron chi connectivity index (χ3n) is 3.79. The molecule has 0 spiro atoms. The van der Waals surface area contributed by atoms with Crippen molar-refractivity contribution in [2.45, 2.75) is 18.9 Å². The lowest BCUT2D eigenvalue weighted by Gasteiger charge is -2.35. The number of benzene rings is 1. The van der Waals surface area contributed by atoms with Crippen molar-refractivity contribution >= 4 is 0 Å². The number of rotatable bonds is 6. The molecule has 1 aliphatic heterocycles. The van der Waals surface area contributed by atoms with Crippen molar-refractivity contribution in [3.8, 4) is 5.75 Å². The Morgan fingerprint density at radius 3 is 2.75 bits per heavy atom. The minimum absolute atomic E-state index is 0.0233. The van der Waals surface area contributed by atoms with E-state index >= 15 is 0 Å². The molecule has 1 aromatic carbocycles. The molecule has 2 rings (SSSR count). The highest BCUT2D eigenvalue weighted by Crippen LogP contribution is 2.30. The average molecular weight is 282 g/mol. The Morgan fingerprint density at radius 2 is 2.15 bits per heavy atom. The van der Waals surface area contributed by atoms with Gasteiger partial charge in [0.05, 0.1) is 7.11 Å². The Bertz CT molecular complexity index is 422. The molecule has 0 aromatic heterocycles. The fourth-order valence-electron chi connectivity index (χ4n) is 2.72. The Labute approximate surface area is 119 Å². The number of hydrogen-bond donors (Lipinski definition) is 2. The van der Waals surface area contributed by atoms with Crippen LogP contribution in [0.3, 0.4) is 0 Å². The first kappa shape index (κ1) is 15.2. The molecule has 0 radical (unpaired) electrons. The lowest BCUT2D eigenvalue weighted by Crippen LogP contribution is -2.45. The van der Waals surface area contributed by atoms with Gasteiger partial charge in [0, 0.05) is 50.5 Å². The molecule has 0 amide bonds. The van der Waals surface area contributed by atoms with E-state index in [9.17, 15) is 4.39 Å². The van der Waals surface area contributed by atoms with Crippen LogP contribution in [0.5, 0.6) is 5.75 Å². The highest BCUT2D eigenvalue weighted by atomic mass is 19.1. The first-order valence-electron chi connectivity index (χ1n) is 7.15. The van der Waals surface area contributed by atoms with Crippen LogP contribution >= 0.6 is 0 Å². The van der Waals surface area contributed by atoms with Crippen LogP contribution in [0, 0.1) is 5.82 Å². The maximum atomic E-state index is 14.3. The van der Waals surface area contributed by atoms with Crippen molar-refractivity contribution < 1.29 is 14.2 Å². The molecule has 1 atom stereocenters. The Balaban J connectivity index is 2.20. The lowest BCUT2D eigenvalue weighted by molar-refractivity contribution is 0.151. The summed E-state index contributed by atoms with van der Waals surface area (Å²) in [7, 11) is 1.54. The van der Waals surface area contributed by atoms with E-state index in [0.29, 0.717) is 17.7 Å². The third-order valence-corrected chi connectivity index (χ3v) is 3.79. The molecular formula is C15H23FN2O2. The number of piperazine rings is 1. The molecule has 0 saturated carbocycles. The fraction of sp³-hybridized carbons (Fsp3) is 0.600. The van der Waals surface area contributed by atoms with Crippen molar-refractivity contribution in [3.63, 3.8) is 0 Å². The molecular weight excluding hydrogens is 259 g/mol. The van der Waals surface area contributed by atoms with Crippen LogP contribution in [-0.2, 0) is 0 Å². The number of ether oxygens (including phenoxy) is 1. The number of nitrogens with zero attached hydrogens (tertiary/aromatic N) is 1. The van der Waals surface area contributed by atoms with Gasteiger partial charge in [0.15, 0.2) is 0 Å². The standard InChI is InChI=1S/C15H23FN2O2/c1-20-12-4-5-13(14(16)11-12)15(3-2-10-19)18-8-6-17-7-9-18/h4-5,11,15,17,19H,2-3,6-10H2,1H3/t15-/m0/s1. The Morgan fingerprint density at radius 1 is 1.40 bits per heavy atom. The van der Waals surface area contributed by atoms with Gasteiger partial charge in [0.1, 0.15) is 11.6 Å². The second kappa shape index (κ2) is 7.57. The summed E-state index contributed by atoms with van der Waals surface area (Å²) in [5.41, 5.74) is 0.696. The van der Waals surface area contributed by atoms with Gasteiger partial charge >= 0.3 is 0 Å². The summed E-state index contributed by atoms with van der Waals surface area (Å²) < 4.78 is 19.3. The van der Waals surface area contributed by atoms with E-state index in [1.54, 1.807) is 12.1 Å². The van der Waals surface area contributed by atoms with E-state index in [-0.39, 0.29) is 18.5 Å². The van der Waals surface area contributed by atoms with Gasteiger partial charge in [0.25, 0.3) is 0 Å². The SMILES string of the molecule is COc1ccc([C@H](CCCO)N2CCNCC2)c(F)c1. The zero-order valence-electron chi connectivity index (χ0n) is 11.9. The molecule has 0 unspecified atom stereocenters. The highest BCUT2D eigenvalue weighted by Gasteiger charge is 2.24. The van der Waals surface area contributed by atoms with Crippen molar-refractivity contribution in [2.75, 3.05) is 39.9 Å². The molecule has 1 saturated heterocycles. The van der Waals surface area contributed by atoms with Crippen LogP contribution in [0.25, 0.3) is 0 Å². The highest BCUT2D eigenvalue weighted by molar-refractivity contribution is 5.31. The predicted octanol–water partition coefficient (Wildman–Crippen LogP) is 1.55. The van der Waals surface area contributed by atoms with Crippen LogP contribution < -0.4 is 10.1 Å². The van der Waals surface area contributed by atoms with Crippen LogP contribution in [0.1, 0.15) is 24.4 Å². The molecule has 0 bridgehead atoms. The summed E-state index contributed by atoms with van der Waals surface area (Å²) in [6.45, 7) is 3.80. The van der Waals surface area contributed by atoms with Crippen molar-refractivity contribution in [2.24, 2.45) is 0 Å². The summed E-state index contributed by atoms with van der Waals surface area (Å²) in [5, 5.41) is 12.4. The van der Waals surface area contributed by atoms with E-state index in [2.05, 4.69) is 10.2 Å². The molecule has 5 heteroatoms. The molecule has 1 aromatic rings. The molecule has 112 valence electrons. The van der Waals surface area contributed by atoms with Crippen LogP contribution in [-0.4, -0.2) is 49.9 Å². The largest absolute Gasteiger partial charge is 0.497 e. The fourth-order valence-corrected chi connectivity index (χ4v) is 2.72. The summed E-state index contributed by atoms with van der Waals surface area (Å²) in [6.07, 6.45) is 1.44. The third kappa shape index (κ3) is 3.69. The van der Waals surface area contributed by atoms with Crippen molar-refractivity contribution in [1.29, 1.82) is 0 Å². The molecule has 1 aliphatic rings. The maximum absolute atomic E-state index is 14.3. The van der Waals surface area contributed by atoms with Gasteiger partial charge in [-0.15, -0.1) is 0 Å². The minimum atomic E-state index is -0.231. The molecule has 4 nitrogen and oxygen atoms in total. The van der Waals surface area contributed by atoms with Gasteiger partial charge in [0.2, 0.25) is 0 Å². The maximum Gasteiger partial charge on any atom is 0.131 e. The zero-order valence-corrected chi connectivity index (χ0v) is 11.9. The Kier molecular flexibility index (Phi) is 5.76. The van der Waals surface area contributed by atoms with Gasteiger partial charge in [-0.1, -0.05) is 6.07 Å². The summed E-state index contributed by atoms with van der Waals surface area (Å²) in [4.78, 5) is 2.29. The van der Waals surface area contributed by atoms with Gasteiger partial charge in [-0.3, -0.25) is 4.90 Å². The number of nitrogens with one attached hydrogen (secondary N) is 1. The predicted molar refractivity (Wildman–Crippen MR) is 76.5 cm³/mol. The van der Waals surface area contributed by atoms with Crippen molar-refractivity contribution in [1.82, 2.24) is 10.2 Å². The second-order valence-electron chi connectivity index (χ2n) is 5.06. The van der Waals surface area contributed by atoms with Gasteiger partial charge in [-0.2, -0.15) is 0 Å². The molecule has 0 aliphatic carbocycles.